The van der Waals surface area contributed by atoms with Gasteiger partial charge >= 0.3 is 0 Å². The molecule has 5 nitrogen and oxygen atoms in total. The minimum absolute atomic E-state index is 0.336. The zero-order valence-electron chi connectivity index (χ0n) is 8.99. The number of halogens is 1. The highest BCUT2D eigenvalue weighted by molar-refractivity contribution is 9.10. The summed E-state index contributed by atoms with van der Waals surface area (Å²) >= 11 is 3.14. The largest absolute Gasteiger partial charge is 0.308 e. The van der Waals surface area contributed by atoms with Crippen LogP contribution in [0, 0.1) is 16.7 Å². The third-order valence-electron chi connectivity index (χ3n) is 2.32. The molecular formula is C10H11BrN4O. The maximum Gasteiger partial charge on any atom is 0.245 e. The second kappa shape index (κ2) is 5.03. The van der Waals surface area contributed by atoms with Gasteiger partial charge in [0.2, 0.25) is 5.91 Å². The Morgan fingerprint density at radius 1 is 1.62 bits per heavy atom. The predicted octanol–water partition coefficient (Wildman–Crippen LogP) is 2.12. The normalized spacial score (nSPS) is 13.6. The summed E-state index contributed by atoms with van der Waals surface area (Å²) < 4.78 is 0.587. The Labute approximate surface area is 102 Å². The highest BCUT2D eigenvalue weighted by Crippen LogP contribution is 2.21. The van der Waals surface area contributed by atoms with Crippen LogP contribution >= 0.6 is 15.9 Å². The van der Waals surface area contributed by atoms with Gasteiger partial charge in [-0.05, 0) is 29.3 Å². The smallest absolute Gasteiger partial charge is 0.245 e. The van der Waals surface area contributed by atoms with Crippen molar-refractivity contribution in [1.82, 2.24) is 9.97 Å². The van der Waals surface area contributed by atoms with Gasteiger partial charge in [0.1, 0.15) is 10.0 Å². The average molecular weight is 283 g/mol. The van der Waals surface area contributed by atoms with Crippen LogP contribution in [0.3, 0.4) is 0 Å². The second-order valence-electron chi connectivity index (χ2n) is 3.48. The summed E-state index contributed by atoms with van der Waals surface area (Å²) in [6.07, 6.45) is 3.35. The molecule has 0 aliphatic heterocycles. The predicted molar refractivity (Wildman–Crippen MR) is 62.4 cm³/mol. The van der Waals surface area contributed by atoms with Crippen LogP contribution in [-0.4, -0.2) is 15.9 Å². The third-order valence-corrected chi connectivity index (χ3v) is 2.73. The molecule has 1 amide bonds. The first-order valence-electron chi connectivity index (χ1n) is 4.72. The van der Waals surface area contributed by atoms with E-state index in [1.54, 1.807) is 13.8 Å². The van der Waals surface area contributed by atoms with E-state index < -0.39 is 5.41 Å². The molecule has 1 N–H and O–H groups in total. The van der Waals surface area contributed by atoms with E-state index in [-0.39, 0.29) is 5.91 Å². The topological polar surface area (TPSA) is 78.7 Å². The second-order valence-corrected chi connectivity index (χ2v) is 4.29. The number of nitrogens with zero attached hydrogens (tertiary/aromatic N) is 3. The van der Waals surface area contributed by atoms with Crippen molar-refractivity contribution in [3.05, 3.63) is 17.0 Å². The van der Waals surface area contributed by atoms with E-state index in [4.69, 9.17) is 5.26 Å². The molecule has 0 bridgehead atoms. The van der Waals surface area contributed by atoms with Gasteiger partial charge in [0.25, 0.3) is 0 Å². The number of carbonyl (C=O) groups excluding carboxylic acids is 1. The molecule has 0 fully saturated rings. The van der Waals surface area contributed by atoms with Gasteiger partial charge in [-0.15, -0.1) is 0 Å². The molecular weight excluding hydrogens is 272 g/mol. The number of aromatic nitrogens is 2. The first kappa shape index (κ1) is 12.6. The molecule has 6 heteroatoms. The number of hydrogen-bond donors (Lipinski definition) is 1. The van der Waals surface area contributed by atoms with Crippen LogP contribution in [-0.2, 0) is 4.79 Å². The zero-order valence-corrected chi connectivity index (χ0v) is 10.6. The van der Waals surface area contributed by atoms with Crippen LogP contribution < -0.4 is 5.32 Å². The highest BCUT2D eigenvalue weighted by atomic mass is 79.9. The maximum atomic E-state index is 11.8. The van der Waals surface area contributed by atoms with E-state index in [1.807, 2.05) is 6.07 Å². The van der Waals surface area contributed by atoms with E-state index >= 15 is 0 Å². The molecule has 1 rings (SSSR count). The fourth-order valence-electron chi connectivity index (χ4n) is 0.921. The van der Waals surface area contributed by atoms with E-state index in [1.165, 1.54) is 12.4 Å². The Morgan fingerprint density at radius 2 is 2.31 bits per heavy atom. The van der Waals surface area contributed by atoms with Crippen molar-refractivity contribution in [2.45, 2.75) is 20.3 Å². The Morgan fingerprint density at radius 3 is 2.75 bits per heavy atom. The van der Waals surface area contributed by atoms with Crippen molar-refractivity contribution >= 4 is 27.7 Å². The number of hydrogen-bond acceptors (Lipinski definition) is 4. The molecule has 0 aliphatic rings. The van der Waals surface area contributed by atoms with Crippen LogP contribution in [0.15, 0.2) is 17.0 Å². The molecule has 0 saturated carbocycles. The van der Waals surface area contributed by atoms with Gasteiger partial charge in [0, 0.05) is 0 Å². The van der Waals surface area contributed by atoms with Crippen molar-refractivity contribution in [1.29, 1.82) is 5.26 Å². The molecule has 1 unspecified atom stereocenters. The summed E-state index contributed by atoms with van der Waals surface area (Å²) in [6, 6.07) is 1.99. The van der Waals surface area contributed by atoms with Crippen LogP contribution in [0.25, 0.3) is 0 Å². The van der Waals surface area contributed by atoms with Crippen molar-refractivity contribution < 1.29 is 4.79 Å². The summed E-state index contributed by atoms with van der Waals surface area (Å²) in [7, 11) is 0. The molecule has 16 heavy (non-hydrogen) atoms. The lowest BCUT2D eigenvalue weighted by atomic mass is 9.88. The Bertz CT molecular complexity index is 425. The fourth-order valence-corrected chi connectivity index (χ4v) is 1.13. The van der Waals surface area contributed by atoms with Crippen LogP contribution in [0.2, 0.25) is 0 Å². The summed E-state index contributed by atoms with van der Waals surface area (Å²) in [4.78, 5) is 19.6. The lowest BCUT2D eigenvalue weighted by molar-refractivity contribution is -0.122. The molecule has 0 radical (unpaired) electrons. The van der Waals surface area contributed by atoms with Gasteiger partial charge in [-0.2, -0.15) is 5.26 Å². The molecule has 0 aromatic carbocycles. The van der Waals surface area contributed by atoms with E-state index in [0.717, 1.165) is 0 Å². The molecule has 84 valence electrons. The molecule has 0 saturated heterocycles. The van der Waals surface area contributed by atoms with Crippen molar-refractivity contribution in [3.8, 4) is 6.07 Å². The Hall–Kier alpha value is -1.48. The van der Waals surface area contributed by atoms with Gasteiger partial charge in [0.15, 0.2) is 5.82 Å². The summed E-state index contributed by atoms with van der Waals surface area (Å²) in [5.41, 5.74) is -1.03. The van der Waals surface area contributed by atoms with Crippen LogP contribution in [0.4, 0.5) is 5.82 Å². The molecule has 0 aliphatic carbocycles. The minimum Gasteiger partial charge on any atom is -0.308 e. The quantitative estimate of drug-likeness (QED) is 0.921. The number of rotatable bonds is 3. The average Bonchev–Trinajstić information content (AvgIpc) is 2.31. The van der Waals surface area contributed by atoms with E-state index in [9.17, 15) is 4.79 Å². The van der Waals surface area contributed by atoms with E-state index in [0.29, 0.717) is 16.8 Å². The van der Waals surface area contributed by atoms with Crippen LogP contribution in [0.1, 0.15) is 20.3 Å². The molecule has 1 heterocycles. The molecule has 1 atom stereocenters. The highest BCUT2D eigenvalue weighted by Gasteiger charge is 2.31. The number of nitriles is 1. The number of anilines is 1. The van der Waals surface area contributed by atoms with Gasteiger partial charge in [-0.3, -0.25) is 4.79 Å². The minimum atomic E-state index is -1.03. The first-order chi connectivity index (χ1) is 7.51. The van der Waals surface area contributed by atoms with E-state index in [2.05, 4.69) is 31.2 Å². The lowest BCUT2D eigenvalue weighted by Crippen LogP contribution is -2.31. The molecule has 0 spiro atoms. The van der Waals surface area contributed by atoms with Gasteiger partial charge in [-0.1, -0.05) is 6.92 Å². The number of nitrogens with one attached hydrogen (secondary N) is 1. The molecule has 1 aromatic heterocycles. The number of amides is 1. The molecule has 1 aromatic rings. The van der Waals surface area contributed by atoms with Crippen molar-refractivity contribution in [3.63, 3.8) is 0 Å². The van der Waals surface area contributed by atoms with Crippen LogP contribution in [0.5, 0.6) is 0 Å². The Balaban J connectivity index is 2.79. The fraction of sp³-hybridized carbons (Fsp3) is 0.400. The van der Waals surface area contributed by atoms with Gasteiger partial charge in [0.05, 0.1) is 18.5 Å². The first-order valence-corrected chi connectivity index (χ1v) is 5.51. The van der Waals surface area contributed by atoms with Gasteiger partial charge < -0.3 is 5.32 Å². The summed E-state index contributed by atoms with van der Waals surface area (Å²) in [5, 5.41) is 11.5. The Kier molecular flexibility index (Phi) is 3.96. The third kappa shape index (κ3) is 2.76. The lowest BCUT2D eigenvalue weighted by Gasteiger charge is -2.17. The number of carbonyl (C=O) groups is 1. The van der Waals surface area contributed by atoms with Crippen molar-refractivity contribution in [2.24, 2.45) is 5.41 Å². The summed E-state index contributed by atoms with van der Waals surface area (Å²) in [6.45, 7) is 3.38. The zero-order chi connectivity index (χ0) is 12.2. The monoisotopic (exact) mass is 282 g/mol. The van der Waals surface area contributed by atoms with Gasteiger partial charge in [-0.25, -0.2) is 9.97 Å². The maximum absolute atomic E-state index is 11.8. The summed E-state index contributed by atoms with van der Waals surface area (Å²) in [5.74, 6) is -0.0303. The SMILES string of the molecule is CCC(C)(C#N)C(=O)Nc1cnc(Br)cn1. The standard InChI is InChI=1S/C10H11BrN4O/c1-3-10(2,6-12)9(16)15-8-5-13-7(11)4-14-8/h4-5H,3H2,1-2H3,(H,14,15,16). The van der Waals surface area contributed by atoms with Crippen molar-refractivity contribution in [2.75, 3.05) is 5.32 Å².